The van der Waals surface area contributed by atoms with Gasteiger partial charge in [0.05, 0.1) is 32.5 Å². The van der Waals surface area contributed by atoms with E-state index in [0.717, 1.165) is 6.42 Å². The highest BCUT2D eigenvalue weighted by Crippen LogP contribution is 2.18. The predicted octanol–water partition coefficient (Wildman–Crippen LogP) is 6.47. The van der Waals surface area contributed by atoms with Gasteiger partial charge in [-0.15, -0.1) is 0 Å². The second kappa shape index (κ2) is 22.9. The number of benzene rings is 4. The second-order valence-electron chi connectivity index (χ2n) is 13.9. The lowest BCUT2D eigenvalue weighted by Crippen LogP contribution is -2.47. The lowest BCUT2D eigenvalue weighted by molar-refractivity contribution is -0.0483. The van der Waals surface area contributed by atoms with Crippen molar-refractivity contribution in [2.24, 2.45) is 5.92 Å². The third kappa shape index (κ3) is 15.8. The minimum absolute atomic E-state index is 0.0295. The maximum absolute atomic E-state index is 12.8. The number of aliphatic hydroxyl groups excluding tert-OH is 2. The first-order valence-corrected chi connectivity index (χ1v) is 18.6. The molecule has 286 valence electrons. The van der Waals surface area contributed by atoms with Crippen LogP contribution in [0.4, 0.5) is 0 Å². The van der Waals surface area contributed by atoms with E-state index in [0.29, 0.717) is 61.6 Å². The molecule has 2 N–H and O–H groups in total. The number of carbonyl (C=O) groups is 1. The van der Waals surface area contributed by atoms with Crippen molar-refractivity contribution in [3.05, 3.63) is 131 Å². The molecule has 4 aromatic carbocycles. The van der Waals surface area contributed by atoms with E-state index in [1.54, 1.807) is 36.4 Å². The van der Waals surface area contributed by atoms with Gasteiger partial charge in [0.15, 0.2) is 5.78 Å². The summed E-state index contributed by atoms with van der Waals surface area (Å²) in [5, 5.41) is 22.1. The van der Waals surface area contributed by atoms with Crippen molar-refractivity contribution in [2.75, 3.05) is 59.3 Å². The zero-order valence-electron chi connectivity index (χ0n) is 31.6. The summed E-state index contributed by atoms with van der Waals surface area (Å²) in [6.07, 6.45) is -0.954. The molecule has 0 bridgehead atoms. The summed E-state index contributed by atoms with van der Waals surface area (Å²) < 4.78 is 29.3. The van der Waals surface area contributed by atoms with Crippen molar-refractivity contribution in [3.8, 4) is 11.5 Å². The lowest BCUT2D eigenvalue weighted by atomic mass is 10.0. The molecule has 0 heterocycles. The Morgan fingerprint density at radius 2 is 1.11 bits per heavy atom. The van der Waals surface area contributed by atoms with Gasteiger partial charge in [0.25, 0.3) is 0 Å². The number of ketones is 1. The van der Waals surface area contributed by atoms with E-state index in [-0.39, 0.29) is 44.2 Å². The number of carbonyl (C=O) groups excluding carboxylic acids is 1. The average Bonchev–Trinajstić information content (AvgIpc) is 3.17. The molecule has 0 aliphatic heterocycles. The monoisotopic (exact) mass is 727 g/mol. The molecule has 0 aliphatic rings. The first kappa shape index (κ1) is 41.7. The number of hydrogen-bond acceptors (Lipinski definition) is 9. The quantitative estimate of drug-likeness (QED) is 0.0587. The van der Waals surface area contributed by atoms with Crippen molar-refractivity contribution in [1.82, 2.24) is 4.90 Å². The summed E-state index contributed by atoms with van der Waals surface area (Å²) in [7, 11) is 0. The fraction of sp³-hybridized carbons (Fsp3) is 0.432. The van der Waals surface area contributed by atoms with Gasteiger partial charge >= 0.3 is 0 Å². The van der Waals surface area contributed by atoms with Crippen LogP contribution in [0.5, 0.6) is 11.5 Å². The first-order valence-electron chi connectivity index (χ1n) is 18.6. The summed E-state index contributed by atoms with van der Waals surface area (Å²) in [5.41, 5.74) is 3.59. The molecule has 0 fully saturated rings. The first-order chi connectivity index (χ1) is 25.7. The van der Waals surface area contributed by atoms with Crippen molar-refractivity contribution in [2.45, 2.75) is 58.5 Å². The van der Waals surface area contributed by atoms with Gasteiger partial charge in [-0.25, -0.2) is 0 Å². The highest BCUT2D eigenvalue weighted by atomic mass is 16.6. The van der Waals surface area contributed by atoms with Crippen LogP contribution in [0, 0.1) is 5.92 Å². The van der Waals surface area contributed by atoms with E-state index in [4.69, 9.17) is 23.7 Å². The van der Waals surface area contributed by atoms with E-state index in [1.165, 1.54) is 11.1 Å². The highest BCUT2D eigenvalue weighted by molar-refractivity contribution is 6.08. The third-order valence-electron chi connectivity index (χ3n) is 8.52. The molecule has 53 heavy (non-hydrogen) atoms. The van der Waals surface area contributed by atoms with Crippen LogP contribution < -0.4 is 9.47 Å². The Morgan fingerprint density at radius 1 is 0.585 bits per heavy atom. The van der Waals surface area contributed by atoms with Crippen LogP contribution in [-0.4, -0.2) is 105 Å². The largest absolute Gasteiger partial charge is 0.491 e. The van der Waals surface area contributed by atoms with Gasteiger partial charge in [-0.1, -0.05) is 86.6 Å². The Bertz CT molecular complexity index is 1570. The molecule has 0 aliphatic carbocycles. The zero-order valence-corrected chi connectivity index (χ0v) is 31.6. The molecule has 0 spiro atoms. The SMILES string of the molecule is CC(C)COCCOC(C)COCC(C)N(CC(O)COc1ccc(Cc2ccccc2)cc1)CC(O)COc1ccc(C(=O)c2ccccc2)cc1. The van der Waals surface area contributed by atoms with Crippen LogP contribution in [-0.2, 0) is 20.6 Å². The van der Waals surface area contributed by atoms with E-state index < -0.39 is 12.2 Å². The van der Waals surface area contributed by atoms with Crippen molar-refractivity contribution in [3.63, 3.8) is 0 Å². The van der Waals surface area contributed by atoms with Gasteiger partial charge < -0.3 is 33.9 Å². The summed E-state index contributed by atoms with van der Waals surface area (Å²) in [4.78, 5) is 14.7. The number of ether oxygens (including phenoxy) is 5. The molecule has 4 atom stereocenters. The minimum Gasteiger partial charge on any atom is -0.491 e. The van der Waals surface area contributed by atoms with Gasteiger partial charge in [0.1, 0.15) is 36.9 Å². The van der Waals surface area contributed by atoms with Crippen molar-refractivity contribution >= 4 is 5.78 Å². The average molecular weight is 728 g/mol. The number of aliphatic hydroxyl groups is 2. The van der Waals surface area contributed by atoms with Gasteiger partial charge in [0.2, 0.25) is 0 Å². The van der Waals surface area contributed by atoms with Crippen LogP contribution >= 0.6 is 0 Å². The Morgan fingerprint density at radius 3 is 1.70 bits per heavy atom. The van der Waals surface area contributed by atoms with E-state index in [9.17, 15) is 15.0 Å². The van der Waals surface area contributed by atoms with E-state index >= 15 is 0 Å². The highest BCUT2D eigenvalue weighted by Gasteiger charge is 2.22. The second-order valence-corrected chi connectivity index (χ2v) is 13.9. The normalized spacial score (nSPS) is 13.8. The summed E-state index contributed by atoms with van der Waals surface area (Å²) >= 11 is 0. The number of hydrogen-bond donors (Lipinski definition) is 2. The molecule has 0 radical (unpaired) electrons. The molecule has 9 nitrogen and oxygen atoms in total. The molecule has 0 amide bonds. The molecule has 9 heteroatoms. The molecule has 4 unspecified atom stereocenters. The summed E-state index contributed by atoms with van der Waals surface area (Å²) in [6.45, 7) is 11.3. The van der Waals surface area contributed by atoms with Crippen molar-refractivity contribution < 1.29 is 38.7 Å². The molecule has 0 aromatic heterocycles. The lowest BCUT2D eigenvalue weighted by Gasteiger charge is -2.32. The predicted molar refractivity (Wildman–Crippen MR) is 208 cm³/mol. The summed E-state index contributed by atoms with van der Waals surface area (Å²) in [5.74, 6) is 1.64. The Kier molecular flexibility index (Phi) is 18.0. The van der Waals surface area contributed by atoms with E-state index in [2.05, 4.69) is 26.0 Å². The molecule has 4 rings (SSSR count). The Hall–Kier alpha value is -4.09. The van der Waals surface area contributed by atoms with Crippen LogP contribution in [0.25, 0.3) is 0 Å². The van der Waals surface area contributed by atoms with Gasteiger partial charge in [-0.05, 0) is 73.7 Å². The minimum atomic E-state index is -0.860. The van der Waals surface area contributed by atoms with E-state index in [1.807, 2.05) is 79.4 Å². The van der Waals surface area contributed by atoms with Crippen LogP contribution in [0.15, 0.2) is 109 Å². The number of nitrogens with zero attached hydrogens (tertiary/aromatic N) is 1. The fourth-order valence-corrected chi connectivity index (χ4v) is 5.65. The molecule has 0 saturated carbocycles. The smallest absolute Gasteiger partial charge is 0.193 e. The molecular weight excluding hydrogens is 670 g/mol. The molecule has 0 saturated heterocycles. The van der Waals surface area contributed by atoms with Crippen LogP contribution in [0.1, 0.15) is 54.7 Å². The molecular formula is C44H57NO8. The zero-order chi connectivity index (χ0) is 37.8. The third-order valence-corrected chi connectivity index (χ3v) is 8.52. The topological polar surface area (TPSA) is 107 Å². The Labute approximate surface area is 315 Å². The van der Waals surface area contributed by atoms with Crippen molar-refractivity contribution in [1.29, 1.82) is 0 Å². The fourth-order valence-electron chi connectivity index (χ4n) is 5.65. The van der Waals surface area contributed by atoms with Gasteiger partial charge in [-0.3, -0.25) is 9.69 Å². The van der Waals surface area contributed by atoms with Gasteiger partial charge in [0, 0.05) is 36.9 Å². The van der Waals surface area contributed by atoms with Crippen LogP contribution in [0.3, 0.4) is 0 Å². The Balaban J connectivity index is 1.27. The van der Waals surface area contributed by atoms with Crippen LogP contribution in [0.2, 0.25) is 0 Å². The maximum Gasteiger partial charge on any atom is 0.193 e. The standard InChI is InChI=1S/C44H57NO8/c1-33(2)28-49-23-24-51-35(4)30-50-29-34(3)45(26-40(46)31-52-42-19-15-37(16-20-42)25-36-11-7-5-8-12-36)27-41(47)32-53-43-21-17-39(18-22-43)44(48)38-13-9-6-10-14-38/h5-22,33-35,40-41,46-47H,23-32H2,1-4H3. The number of rotatable bonds is 25. The summed E-state index contributed by atoms with van der Waals surface area (Å²) in [6, 6.07) is 34.1. The van der Waals surface area contributed by atoms with Gasteiger partial charge in [-0.2, -0.15) is 0 Å². The maximum atomic E-state index is 12.8. The molecule has 4 aromatic rings.